The van der Waals surface area contributed by atoms with Gasteiger partial charge in [0, 0.05) is 10.0 Å². The number of fused-ring (bicyclic) bond motifs is 1. The molecule has 1 aromatic carbocycles. The Morgan fingerprint density at radius 1 is 1.07 bits per heavy atom. The van der Waals surface area contributed by atoms with E-state index in [0.29, 0.717) is 5.92 Å². The molecule has 0 saturated carbocycles. The maximum Gasteiger partial charge on any atom is 0.0603 e. The Hall–Kier alpha value is 0.0900. The zero-order valence-electron chi connectivity index (χ0n) is 7.86. The van der Waals surface area contributed by atoms with Crippen LogP contribution in [0.1, 0.15) is 42.2 Å². The monoisotopic (exact) mass is 248 g/mol. The predicted octanol–water partition coefficient (Wildman–Crippen LogP) is 5.17. The Morgan fingerprint density at radius 2 is 1.64 bits per heavy atom. The van der Waals surface area contributed by atoms with E-state index in [-0.39, 0.29) is 5.38 Å². The molecule has 14 heavy (non-hydrogen) atoms. The molecule has 1 aliphatic carbocycles. The molecule has 2 atom stereocenters. The van der Waals surface area contributed by atoms with E-state index in [1.807, 2.05) is 12.1 Å². The highest BCUT2D eigenvalue weighted by molar-refractivity contribution is 6.35. The molecule has 0 nitrogen and oxygen atoms in total. The van der Waals surface area contributed by atoms with Gasteiger partial charge in [-0.2, -0.15) is 0 Å². The van der Waals surface area contributed by atoms with Crippen LogP contribution in [0.5, 0.6) is 0 Å². The molecule has 0 spiro atoms. The molecule has 1 aromatic rings. The quantitative estimate of drug-likeness (QED) is 0.556. The van der Waals surface area contributed by atoms with Gasteiger partial charge in [-0.3, -0.25) is 0 Å². The number of halogens is 3. The first kappa shape index (κ1) is 10.6. The fourth-order valence-corrected chi connectivity index (χ4v) is 3.15. The van der Waals surface area contributed by atoms with Crippen LogP contribution in [0.2, 0.25) is 10.0 Å². The van der Waals surface area contributed by atoms with E-state index in [4.69, 9.17) is 34.8 Å². The van der Waals surface area contributed by atoms with Crippen molar-refractivity contribution in [2.45, 2.75) is 31.1 Å². The van der Waals surface area contributed by atoms with E-state index >= 15 is 0 Å². The molecule has 0 saturated heterocycles. The highest BCUT2D eigenvalue weighted by Crippen LogP contribution is 2.46. The van der Waals surface area contributed by atoms with Crippen molar-refractivity contribution in [1.82, 2.24) is 0 Å². The zero-order valence-corrected chi connectivity index (χ0v) is 10.1. The minimum absolute atomic E-state index is 0.0207. The van der Waals surface area contributed by atoms with Gasteiger partial charge in [0.1, 0.15) is 0 Å². The molecule has 0 N–H and O–H groups in total. The fourth-order valence-electron chi connectivity index (χ4n) is 2.09. The molecule has 0 aromatic heterocycles. The molecule has 0 fully saturated rings. The number of benzene rings is 1. The van der Waals surface area contributed by atoms with E-state index in [1.165, 1.54) is 0 Å². The van der Waals surface area contributed by atoms with Crippen molar-refractivity contribution in [3.05, 3.63) is 33.3 Å². The largest absolute Gasteiger partial charge is 0.118 e. The van der Waals surface area contributed by atoms with Crippen LogP contribution >= 0.6 is 34.8 Å². The molecule has 0 bridgehead atoms. The molecule has 2 rings (SSSR count). The van der Waals surface area contributed by atoms with E-state index in [1.54, 1.807) is 0 Å². The first-order chi connectivity index (χ1) is 6.61. The molecule has 0 heterocycles. The van der Waals surface area contributed by atoms with Crippen LogP contribution in [0.15, 0.2) is 12.1 Å². The molecule has 1 aliphatic rings. The second kappa shape index (κ2) is 3.92. The summed E-state index contributed by atoms with van der Waals surface area (Å²) in [6.45, 7) is 2.17. The molecule has 0 radical (unpaired) electrons. The highest BCUT2D eigenvalue weighted by Gasteiger charge is 2.27. The summed E-state index contributed by atoms with van der Waals surface area (Å²) in [5, 5.41) is 1.56. The normalized spacial score (nSPS) is 26.0. The maximum atomic E-state index is 6.25. The number of hydrogen-bond acceptors (Lipinski definition) is 0. The van der Waals surface area contributed by atoms with Crippen LogP contribution in [0.3, 0.4) is 0 Å². The van der Waals surface area contributed by atoms with Crippen molar-refractivity contribution in [3.8, 4) is 0 Å². The summed E-state index contributed by atoms with van der Waals surface area (Å²) in [5.74, 6) is 0.464. The van der Waals surface area contributed by atoms with Gasteiger partial charge in [-0.15, -0.1) is 11.6 Å². The second-order valence-corrected chi connectivity index (χ2v) is 5.14. The van der Waals surface area contributed by atoms with Gasteiger partial charge in [0.25, 0.3) is 0 Å². The molecule has 76 valence electrons. The van der Waals surface area contributed by atoms with E-state index in [9.17, 15) is 0 Å². The van der Waals surface area contributed by atoms with Gasteiger partial charge in [-0.05, 0) is 42.0 Å². The van der Waals surface area contributed by atoms with Crippen molar-refractivity contribution >= 4 is 34.8 Å². The summed E-state index contributed by atoms with van der Waals surface area (Å²) < 4.78 is 0. The lowest BCUT2D eigenvalue weighted by atomic mass is 9.83. The topological polar surface area (TPSA) is 0 Å². The number of rotatable bonds is 0. The molecule has 0 aliphatic heterocycles. The predicted molar refractivity (Wildman–Crippen MR) is 62.7 cm³/mol. The maximum absolute atomic E-state index is 6.25. The summed E-state index contributed by atoms with van der Waals surface area (Å²) in [6.07, 6.45) is 2.07. The standard InChI is InChI=1S/C11H11Cl3/c1-6-2-3-8(13)11-9(14)5-4-7(12)10(6)11/h4-6,8H,2-3H2,1H3. The first-order valence-corrected chi connectivity index (χ1v) is 5.92. The van der Waals surface area contributed by atoms with Gasteiger partial charge in [0.2, 0.25) is 0 Å². The zero-order chi connectivity index (χ0) is 10.3. The molecule has 0 amide bonds. The van der Waals surface area contributed by atoms with E-state index in [0.717, 1.165) is 34.0 Å². The van der Waals surface area contributed by atoms with Gasteiger partial charge in [-0.1, -0.05) is 30.1 Å². The summed E-state index contributed by atoms with van der Waals surface area (Å²) >= 11 is 18.5. The SMILES string of the molecule is CC1CCC(Cl)c2c(Cl)ccc(Cl)c21. The molecule has 3 heteroatoms. The average Bonchev–Trinajstić information content (AvgIpc) is 2.16. The van der Waals surface area contributed by atoms with Crippen LogP contribution in [-0.4, -0.2) is 0 Å². The van der Waals surface area contributed by atoms with Gasteiger partial charge < -0.3 is 0 Å². The fraction of sp³-hybridized carbons (Fsp3) is 0.455. The van der Waals surface area contributed by atoms with Crippen LogP contribution in [-0.2, 0) is 0 Å². The van der Waals surface area contributed by atoms with Crippen LogP contribution < -0.4 is 0 Å². The van der Waals surface area contributed by atoms with Crippen molar-refractivity contribution in [3.63, 3.8) is 0 Å². The number of alkyl halides is 1. The third kappa shape index (κ3) is 1.64. The smallest absolute Gasteiger partial charge is 0.0603 e. The van der Waals surface area contributed by atoms with Gasteiger partial charge >= 0.3 is 0 Å². The van der Waals surface area contributed by atoms with E-state index in [2.05, 4.69) is 6.92 Å². The Balaban J connectivity index is 2.65. The minimum atomic E-state index is 0.0207. The summed E-state index contributed by atoms with van der Waals surface area (Å²) in [7, 11) is 0. The first-order valence-electron chi connectivity index (χ1n) is 4.73. The van der Waals surface area contributed by atoms with Crippen LogP contribution in [0, 0.1) is 0 Å². The lowest BCUT2D eigenvalue weighted by Gasteiger charge is -2.28. The minimum Gasteiger partial charge on any atom is -0.118 e. The third-order valence-corrected chi connectivity index (χ3v) is 3.94. The molecule has 2 unspecified atom stereocenters. The van der Waals surface area contributed by atoms with Gasteiger partial charge in [0.15, 0.2) is 0 Å². The molecular weight excluding hydrogens is 238 g/mol. The number of hydrogen-bond donors (Lipinski definition) is 0. The Kier molecular flexibility index (Phi) is 2.97. The van der Waals surface area contributed by atoms with Crippen LogP contribution in [0.25, 0.3) is 0 Å². The summed E-state index contributed by atoms with van der Waals surface area (Å²) in [5.41, 5.74) is 2.19. The third-order valence-electron chi connectivity index (χ3n) is 2.84. The second-order valence-electron chi connectivity index (χ2n) is 3.80. The lowest BCUT2D eigenvalue weighted by Crippen LogP contribution is -2.10. The van der Waals surface area contributed by atoms with Crippen molar-refractivity contribution < 1.29 is 0 Å². The Labute approximate surface area is 99.2 Å². The summed E-state index contributed by atoms with van der Waals surface area (Å²) in [6, 6.07) is 3.68. The van der Waals surface area contributed by atoms with Crippen molar-refractivity contribution in [1.29, 1.82) is 0 Å². The van der Waals surface area contributed by atoms with Gasteiger partial charge in [0.05, 0.1) is 5.38 Å². The van der Waals surface area contributed by atoms with Crippen molar-refractivity contribution in [2.75, 3.05) is 0 Å². The summed E-state index contributed by atoms with van der Waals surface area (Å²) in [4.78, 5) is 0. The molecular formula is C11H11Cl3. The van der Waals surface area contributed by atoms with Gasteiger partial charge in [-0.25, -0.2) is 0 Å². The van der Waals surface area contributed by atoms with E-state index < -0.39 is 0 Å². The van der Waals surface area contributed by atoms with Crippen molar-refractivity contribution in [2.24, 2.45) is 0 Å². The average molecular weight is 250 g/mol. The highest BCUT2D eigenvalue weighted by atomic mass is 35.5. The Bertz CT molecular complexity index is 325. The lowest BCUT2D eigenvalue weighted by molar-refractivity contribution is 0.579. The Morgan fingerprint density at radius 3 is 2.21 bits per heavy atom. The van der Waals surface area contributed by atoms with Crippen LogP contribution in [0.4, 0.5) is 0 Å².